The van der Waals surface area contributed by atoms with E-state index in [-0.39, 0.29) is 13.1 Å². The second-order valence-electron chi connectivity index (χ2n) is 6.27. The Kier molecular flexibility index (Phi) is 6.70. The van der Waals surface area contributed by atoms with Crippen LogP contribution in [0, 0.1) is 0 Å². The van der Waals surface area contributed by atoms with Crippen molar-refractivity contribution >= 4 is 28.4 Å². The molecule has 1 aliphatic carbocycles. The lowest BCUT2D eigenvalue weighted by molar-refractivity contribution is -0.135. The summed E-state index contributed by atoms with van der Waals surface area (Å²) in [5.74, 6) is 0.694. The van der Waals surface area contributed by atoms with Crippen molar-refractivity contribution < 1.29 is 19.4 Å². The van der Waals surface area contributed by atoms with Gasteiger partial charge in [-0.05, 0) is 37.8 Å². The van der Waals surface area contributed by atoms with Crippen molar-refractivity contribution in [3.05, 3.63) is 34.3 Å². The lowest BCUT2D eigenvalue weighted by Crippen LogP contribution is -2.35. The zero-order valence-corrected chi connectivity index (χ0v) is 16.8. The lowest BCUT2D eigenvalue weighted by Gasteiger charge is -2.13. The average molecular weight is 404 g/mol. The Morgan fingerprint density at radius 2 is 1.96 bits per heavy atom. The van der Waals surface area contributed by atoms with Gasteiger partial charge >= 0.3 is 5.97 Å². The third kappa shape index (κ3) is 4.92. The van der Waals surface area contributed by atoms with E-state index in [1.807, 2.05) is 18.2 Å². The number of hydrogen-bond donors (Lipinski definition) is 3. The van der Waals surface area contributed by atoms with E-state index in [9.17, 15) is 4.79 Å². The van der Waals surface area contributed by atoms with Crippen LogP contribution in [-0.2, 0) is 24.2 Å². The highest BCUT2D eigenvalue weighted by Gasteiger charge is 2.16. The maximum atomic E-state index is 11.0. The Labute approximate surface area is 167 Å². The fourth-order valence-electron chi connectivity index (χ4n) is 3.05. The Bertz CT molecular complexity index is 820. The summed E-state index contributed by atoms with van der Waals surface area (Å²) in [6, 6.07) is 5.51. The molecular formula is C19H24N4O4S. The molecule has 0 bridgehead atoms. The average Bonchev–Trinajstić information content (AvgIpc) is 3.11. The monoisotopic (exact) mass is 404 g/mol. The first-order valence-electron chi connectivity index (χ1n) is 9.06. The standard InChI is InChI=1S/C19H24N4O4S/c1-26-14-7-5-8-15(27-2)12(14)10-20-18(21-11-17(24)25)23-19-22-13-6-3-4-9-16(13)28-19/h5,7-8H,3-4,6,9-11H2,1-2H3,(H,24,25)(H2,20,21,22,23). The highest BCUT2D eigenvalue weighted by molar-refractivity contribution is 7.15. The third-order valence-corrected chi connectivity index (χ3v) is 5.48. The molecule has 0 radical (unpaired) electrons. The van der Waals surface area contributed by atoms with Gasteiger partial charge in [0.25, 0.3) is 0 Å². The molecule has 3 rings (SSSR count). The van der Waals surface area contributed by atoms with Gasteiger partial charge in [-0.3, -0.25) is 4.79 Å². The van der Waals surface area contributed by atoms with Gasteiger partial charge in [0.15, 0.2) is 11.1 Å². The fraction of sp³-hybridized carbons (Fsp3) is 0.421. The second kappa shape index (κ2) is 9.41. The smallest absolute Gasteiger partial charge is 0.322 e. The fourth-order valence-corrected chi connectivity index (χ4v) is 4.10. The molecule has 150 valence electrons. The summed E-state index contributed by atoms with van der Waals surface area (Å²) in [5.41, 5.74) is 1.91. The summed E-state index contributed by atoms with van der Waals surface area (Å²) < 4.78 is 10.8. The van der Waals surface area contributed by atoms with Crippen LogP contribution < -0.4 is 20.1 Å². The van der Waals surface area contributed by atoms with Crippen LogP contribution in [0.1, 0.15) is 29.0 Å². The zero-order chi connectivity index (χ0) is 19.9. The molecule has 0 fully saturated rings. The molecule has 1 aliphatic rings. The van der Waals surface area contributed by atoms with Gasteiger partial charge in [-0.25, -0.2) is 9.98 Å². The molecule has 3 N–H and O–H groups in total. The number of thiazole rings is 1. The minimum absolute atomic E-state index is 0.250. The van der Waals surface area contributed by atoms with Gasteiger partial charge in [0.05, 0.1) is 32.0 Å². The number of aliphatic carboxylic acids is 1. The summed E-state index contributed by atoms with van der Waals surface area (Å²) in [6.45, 7) is 0.00715. The molecule has 0 saturated carbocycles. The van der Waals surface area contributed by atoms with Gasteiger partial charge in [-0.1, -0.05) is 6.07 Å². The van der Waals surface area contributed by atoms with Gasteiger partial charge in [-0.2, -0.15) is 0 Å². The Morgan fingerprint density at radius 3 is 2.61 bits per heavy atom. The zero-order valence-electron chi connectivity index (χ0n) is 15.9. The van der Waals surface area contributed by atoms with Crippen LogP contribution in [0.25, 0.3) is 0 Å². The van der Waals surface area contributed by atoms with Crippen molar-refractivity contribution in [2.75, 3.05) is 26.1 Å². The number of guanidine groups is 1. The molecule has 1 aromatic carbocycles. The number of carboxylic acids is 1. The molecule has 0 amide bonds. The number of carbonyl (C=O) groups is 1. The molecule has 1 aromatic heterocycles. The molecule has 9 heteroatoms. The number of anilines is 1. The highest BCUT2D eigenvalue weighted by Crippen LogP contribution is 2.30. The first-order chi connectivity index (χ1) is 13.6. The first-order valence-corrected chi connectivity index (χ1v) is 9.88. The van der Waals surface area contributed by atoms with E-state index in [1.54, 1.807) is 25.6 Å². The molecule has 2 aromatic rings. The van der Waals surface area contributed by atoms with E-state index in [1.165, 1.54) is 11.3 Å². The number of nitrogens with zero attached hydrogens (tertiary/aromatic N) is 2. The topological polar surface area (TPSA) is 105 Å². The molecule has 8 nitrogen and oxygen atoms in total. The van der Waals surface area contributed by atoms with Gasteiger partial charge in [0, 0.05) is 4.88 Å². The summed E-state index contributed by atoms with van der Waals surface area (Å²) in [4.78, 5) is 21.4. The number of methoxy groups -OCH3 is 2. The molecule has 0 spiro atoms. The number of nitrogens with one attached hydrogen (secondary N) is 2. The second-order valence-corrected chi connectivity index (χ2v) is 7.36. The van der Waals surface area contributed by atoms with Gasteiger partial charge in [0.1, 0.15) is 18.0 Å². The Morgan fingerprint density at radius 1 is 1.25 bits per heavy atom. The van der Waals surface area contributed by atoms with Crippen molar-refractivity contribution in [1.29, 1.82) is 0 Å². The van der Waals surface area contributed by atoms with E-state index >= 15 is 0 Å². The van der Waals surface area contributed by atoms with Crippen LogP contribution in [0.4, 0.5) is 5.13 Å². The van der Waals surface area contributed by atoms with Crippen LogP contribution in [0.5, 0.6) is 11.5 Å². The Hall–Kier alpha value is -2.81. The maximum absolute atomic E-state index is 11.0. The highest BCUT2D eigenvalue weighted by atomic mass is 32.1. The molecule has 0 aliphatic heterocycles. The summed E-state index contributed by atoms with van der Waals surface area (Å²) in [7, 11) is 3.17. The molecule has 0 saturated heterocycles. The number of aryl methyl sites for hydroxylation is 2. The van der Waals surface area contributed by atoms with Crippen LogP contribution in [0.15, 0.2) is 23.2 Å². The molecule has 28 heavy (non-hydrogen) atoms. The van der Waals surface area contributed by atoms with Crippen LogP contribution in [-0.4, -0.2) is 42.8 Å². The van der Waals surface area contributed by atoms with E-state index in [4.69, 9.17) is 14.6 Å². The summed E-state index contributed by atoms with van der Waals surface area (Å²) in [5, 5.41) is 15.7. The van der Waals surface area contributed by atoms with E-state index in [2.05, 4.69) is 20.6 Å². The minimum atomic E-state index is -0.970. The van der Waals surface area contributed by atoms with E-state index < -0.39 is 5.97 Å². The first kappa shape index (κ1) is 19.9. The molecule has 0 unspecified atom stereocenters. The van der Waals surface area contributed by atoms with Crippen molar-refractivity contribution in [1.82, 2.24) is 10.3 Å². The normalized spacial score (nSPS) is 13.6. The summed E-state index contributed by atoms with van der Waals surface area (Å²) >= 11 is 1.60. The molecular weight excluding hydrogens is 380 g/mol. The van der Waals surface area contributed by atoms with Crippen molar-refractivity contribution in [2.45, 2.75) is 32.2 Å². The minimum Gasteiger partial charge on any atom is -0.496 e. The lowest BCUT2D eigenvalue weighted by atomic mass is 10.0. The molecule has 0 atom stereocenters. The number of fused-ring (bicyclic) bond motifs is 1. The van der Waals surface area contributed by atoms with E-state index in [0.29, 0.717) is 17.5 Å². The Balaban J connectivity index is 1.81. The van der Waals surface area contributed by atoms with Crippen molar-refractivity contribution in [3.8, 4) is 11.5 Å². The van der Waals surface area contributed by atoms with Crippen LogP contribution in [0.3, 0.4) is 0 Å². The van der Waals surface area contributed by atoms with Crippen LogP contribution >= 0.6 is 11.3 Å². The number of benzene rings is 1. The predicted molar refractivity (Wildman–Crippen MR) is 109 cm³/mol. The van der Waals surface area contributed by atoms with E-state index in [0.717, 1.165) is 35.7 Å². The van der Waals surface area contributed by atoms with Crippen molar-refractivity contribution in [2.24, 2.45) is 4.99 Å². The number of ether oxygens (including phenoxy) is 2. The third-order valence-electron chi connectivity index (χ3n) is 4.40. The van der Waals surface area contributed by atoms with Crippen LogP contribution in [0.2, 0.25) is 0 Å². The number of aromatic nitrogens is 1. The molecule has 1 heterocycles. The summed E-state index contributed by atoms with van der Waals surface area (Å²) in [6.07, 6.45) is 4.37. The largest absolute Gasteiger partial charge is 0.496 e. The van der Waals surface area contributed by atoms with Gasteiger partial charge < -0.3 is 25.2 Å². The van der Waals surface area contributed by atoms with Crippen molar-refractivity contribution in [3.63, 3.8) is 0 Å². The van der Waals surface area contributed by atoms with Gasteiger partial charge in [0.2, 0.25) is 0 Å². The number of carboxylic acid groups (broad SMARTS) is 1. The number of aliphatic imine (C=N–C) groups is 1. The maximum Gasteiger partial charge on any atom is 0.322 e. The van der Waals surface area contributed by atoms with Gasteiger partial charge in [-0.15, -0.1) is 11.3 Å². The quantitative estimate of drug-likeness (QED) is 0.481. The number of rotatable bonds is 7. The number of hydrogen-bond acceptors (Lipinski definition) is 6. The predicted octanol–water partition coefficient (Wildman–Crippen LogP) is 2.68. The SMILES string of the molecule is COc1cccc(OC)c1CN=C(NCC(=O)O)Nc1nc2c(s1)CCCC2.